The lowest BCUT2D eigenvalue weighted by Gasteiger charge is -2.28. The summed E-state index contributed by atoms with van der Waals surface area (Å²) in [7, 11) is 0. The summed E-state index contributed by atoms with van der Waals surface area (Å²) in [6, 6.07) is 0. The summed E-state index contributed by atoms with van der Waals surface area (Å²) in [6.45, 7) is 15.1. The quantitative estimate of drug-likeness (QED) is 0.277. The van der Waals surface area contributed by atoms with Crippen LogP contribution in [-0.2, 0) is 14.3 Å². The molecule has 1 N–H and O–H groups in total. The van der Waals surface area contributed by atoms with E-state index in [1.54, 1.807) is 0 Å². The molecule has 0 amide bonds. The van der Waals surface area contributed by atoms with Gasteiger partial charge < -0.3 is 9.84 Å². The predicted molar refractivity (Wildman–Crippen MR) is 102 cm³/mol. The van der Waals surface area contributed by atoms with Crippen LogP contribution in [0, 0.1) is 23.2 Å². The van der Waals surface area contributed by atoms with Crippen molar-refractivity contribution in [1.82, 2.24) is 0 Å². The third kappa shape index (κ3) is 12.0. The van der Waals surface area contributed by atoms with Crippen LogP contribution in [0.15, 0.2) is 0 Å². The average molecular weight is 357 g/mol. The maximum atomic E-state index is 12.4. The molecule has 3 unspecified atom stereocenters. The molecule has 0 aromatic heterocycles. The van der Waals surface area contributed by atoms with Gasteiger partial charge in [0.05, 0.1) is 0 Å². The van der Waals surface area contributed by atoms with Crippen molar-refractivity contribution in [2.45, 2.75) is 99.5 Å². The van der Waals surface area contributed by atoms with E-state index in [9.17, 15) is 14.7 Å². The molecule has 0 aliphatic heterocycles. The van der Waals surface area contributed by atoms with Gasteiger partial charge in [-0.05, 0) is 42.9 Å². The third-order valence-electron chi connectivity index (χ3n) is 4.32. The number of carbonyl (C=O) groups excluding carboxylic acids is 1. The zero-order chi connectivity index (χ0) is 19.6. The van der Waals surface area contributed by atoms with Crippen LogP contribution in [0.5, 0.6) is 0 Å². The first-order valence-corrected chi connectivity index (χ1v) is 9.89. The van der Waals surface area contributed by atoms with E-state index >= 15 is 0 Å². The van der Waals surface area contributed by atoms with Crippen molar-refractivity contribution in [3.05, 3.63) is 0 Å². The average Bonchev–Trinajstić information content (AvgIpc) is 2.39. The molecule has 4 nitrogen and oxygen atoms in total. The van der Waals surface area contributed by atoms with Crippen molar-refractivity contribution in [2.24, 2.45) is 23.2 Å². The van der Waals surface area contributed by atoms with Gasteiger partial charge in [-0.15, -0.1) is 0 Å². The molecule has 148 valence electrons. The fourth-order valence-electron chi connectivity index (χ4n) is 3.48. The first-order valence-electron chi connectivity index (χ1n) is 9.89. The maximum Gasteiger partial charge on any atom is 0.320 e. The number of aliphatic carboxylic acids is 1. The van der Waals surface area contributed by atoms with Crippen molar-refractivity contribution in [3.8, 4) is 0 Å². The molecule has 0 aliphatic rings. The minimum atomic E-state index is -1.06. The smallest absolute Gasteiger partial charge is 0.320 e. The van der Waals surface area contributed by atoms with Crippen LogP contribution >= 0.6 is 0 Å². The zero-order valence-electron chi connectivity index (χ0n) is 17.4. The Morgan fingerprint density at radius 2 is 1.64 bits per heavy atom. The number of hydrogen-bond acceptors (Lipinski definition) is 3. The second-order valence-corrected chi connectivity index (χ2v) is 9.18. The minimum Gasteiger partial charge on any atom is -0.481 e. The first-order chi connectivity index (χ1) is 11.5. The summed E-state index contributed by atoms with van der Waals surface area (Å²) in [5.41, 5.74) is 0.232. The fraction of sp³-hybridized carbons (Fsp3) is 0.905. The lowest BCUT2D eigenvalue weighted by molar-refractivity contribution is -0.164. The highest BCUT2D eigenvalue weighted by molar-refractivity contribution is 5.93. The third-order valence-corrected chi connectivity index (χ3v) is 4.32. The van der Waals surface area contributed by atoms with Gasteiger partial charge in [-0.3, -0.25) is 9.59 Å². The highest BCUT2D eigenvalue weighted by Crippen LogP contribution is 2.29. The topological polar surface area (TPSA) is 63.6 Å². The van der Waals surface area contributed by atoms with Gasteiger partial charge in [0.2, 0.25) is 0 Å². The maximum absolute atomic E-state index is 12.4. The summed E-state index contributed by atoms with van der Waals surface area (Å²) in [5, 5.41) is 9.37. The first kappa shape index (κ1) is 23.9. The van der Waals surface area contributed by atoms with Crippen LogP contribution in [-0.4, -0.2) is 23.1 Å². The van der Waals surface area contributed by atoms with Crippen molar-refractivity contribution in [3.63, 3.8) is 0 Å². The molecule has 0 saturated heterocycles. The molecule has 3 atom stereocenters. The van der Waals surface area contributed by atoms with Crippen molar-refractivity contribution in [2.75, 3.05) is 0 Å². The molecule has 0 aliphatic carbocycles. The second-order valence-electron chi connectivity index (χ2n) is 9.18. The highest BCUT2D eigenvalue weighted by Gasteiger charge is 2.30. The Kier molecular flexibility index (Phi) is 11.0. The van der Waals surface area contributed by atoms with Crippen molar-refractivity contribution >= 4 is 11.9 Å². The van der Waals surface area contributed by atoms with Crippen LogP contribution in [0.3, 0.4) is 0 Å². The van der Waals surface area contributed by atoms with Crippen molar-refractivity contribution < 1.29 is 19.4 Å². The van der Waals surface area contributed by atoms with E-state index in [0.717, 1.165) is 38.5 Å². The summed E-state index contributed by atoms with van der Waals surface area (Å²) < 4.78 is 5.68. The Hall–Kier alpha value is -1.06. The Balaban J connectivity index is 4.85. The van der Waals surface area contributed by atoms with Crippen LogP contribution in [0.2, 0.25) is 0 Å². The van der Waals surface area contributed by atoms with Crippen LogP contribution in [0.1, 0.15) is 93.4 Å². The number of hydrogen-bond donors (Lipinski definition) is 1. The normalized spacial score (nSPS) is 15.7. The lowest BCUT2D eigenvalue weighted by atomic mass is 9.82. The van der Waals surface area contributed by atoms with E-state index in [2.05, 4.69) is 48.5 Å². The fourth-order valence-corrected chi connectivity index (χ4v) is 3.48. The highest BCUT2D eigenvalue weighted by atomic mass is 16.5. The molecule has 0 rings (SSSR count). The standard InChI is InChI=1S/C21H40O4/c1-8-9-10-11-18(19(22)23)20(24)25-17(12-15(2)3)13-16(4)14-21(5,6)7/h15-18H,8-14H2,1-7H3,(H,22,23). The van der Waals surface area contributed by atoms with E-state index in [1.807, 2.05) is 0 Å². The molecule has 0 bridgehead atoms. The molecular weight excluding hydrogens is 316 g/mol. The van der Waals surface area contributed by atoms with Gasteiger partial charge >= 0.3 is 11.9 Å². The van der Waals surface area contributed by atoms with E-state index in [1.165, 1.54) is 0 Å². The van der Waals surface area contributed by atoms with Gasteiger partial charge in [0.1, 0.15) is 6.10 Å². The van der Waals surface area contributed by atoms with Crippen LogP contribution < -0.4 is 0 Å². The van der Waals surface area contributed by atoms with Crippen LogP contribution in [0.4, 0.5) is 0 Å². The molecule has 0 aromatic rings. The SMILES string of the molecule is CCCCCC(C(=O)O)C(=O)OC(CC(C)C)CC(C)CC(C)(C)C. The summed E-state index contributed by atoms with van der Waals surface area (Å²) in [4.78, 5) is 23.9. The number of rotatable bonds is 12. The number of carbonyl (C=O) groups is 2. The Bertz CT molecular complexity index is 395. The zero-order valence-corrected chi connectivity index (χ0v) is 17.4. The van der Waals surface area contributed by atoms with E-state index in [0.29, 0.717) is 18.3 Å². The van der Waals surface area contributed by atoms with Gasteiger partial charge in [0.25, 0.3) is 0 Å². The molecule has 0 aromatic carbocycles. The number of carboxylic acid groups (broad SMARTS) is 1. The van der Waals surface area contributed by atoms with Crippen molar-refractivity contribution in [1.29, 1.82) is 0 Å². The Morgan fingerprint density at radius 1 is 1.04 bits per heavy atom. The molecular formula is C21H40O4. The van der Waals surface area contributed by atoms with E-state index < -0.39 is 17.9 Å². The summed E-state index contributed by atoms with van der Waals surface area (Å²) in [6.07, 6.45) is 5.49. The molecule has 0 fully saturated rings. The monoisotopic (exact) mass is 356 g/mol. The van der Waals surface area contributed by atoms with E-state index in [4.69, 9.17) is 4.74 Å². The molecule has 0 heterocycles. The molecule has 25 heavy (non-hydrogen) atoms. The summed E-state index contributed by atoms with van der Waals surface area (Å²) in [5.74, 6) is -1.81. The molecule has 0 saturated carbocycles. The van der Waals surface area contributed by atoms with Gasteiger partial charge in [-0.2, -0.15) is 0 Å². The van der Waals surface area contributed by atoms with Gasteiger partial charge in [-0.1, -0.05) is 67.7 Å². The van der Waals surface area contributed by atoms with E-state index in [-0.39, 0.29) is 11.5 Å². The molecule has 0 spiro atoms. The Morgan fingerprint density at radius 3 is 2.08 bits per heavy atom. The molecule has 4 heteroatoms. The minimum absolute atomic E-state index is 0.196. The lowest BCUT2D eigenvalue weighted by Crippen LogP contribution is -2.31. The Labute approximate surface area is 154 Å². The van der Waals surface area contributed by atoms with Crippen LogP contribution in [0.25, 0.3) is 0 Å². The number of carboxylic acids is 1. The van der Waals surface area contributed by atoms with Gasteiger partial charge in [0.15, 0.2) is 5.92 Å². The number of ether oxygens (including phenoxy) is 1. The predicted octanol–water partition coefficient (Wildman–Crippen LogP) is 5.69. The van der Waals surface area contributed by atoms with Gasteiger partial charge in [-0.25, -0.2) is 0 Å². The second kappa shape index (κ2) is 11.5. The number of unbranched alkanes of at least 4 members (excludes halogenated alkanes) is 2. The number of esters is 1. The van der Waals surface area contributed by atoms with Gasteiger partial charge in [0, 0.05) is 0 Å². The summed E-state index contributed by atoms with van der Waals surface area (Å²) >= 11 is 0. The largest absolute Gasteiger partial charge is 0.481 e. The molecule has 0 radical (unpaired) electrons.